The topological polar surface area (TPSA) is 102 Å². The van der Waals surface area contributed by atoms with Gasteiger partial charge in [-0.05, 0) is 74.6 Å². The Morgan fingerprint density at radius 1 is 1.00 bits per heavy atom. The molecule has 3 saturated heterocycles. The molecule has 0 spiro atoms. The molecule has 12 heteroatoms. The number of hydrogen-bond donors (Lipinski definition) is 1. The molecule has 51 heavy (non-hydrogen) atoms. The molecular weight excluding hydrogens is 656 g/mol. The molecule has 4 fully saturated rings. The zero-order valence-electron chi connectivity index (χ0n) is 28.9. The Hall–Kier alpha value is -4.31. The molecule has 0 radical (unpaired) electrons. The van der Waals surface area contributed by atoms with Gasteiger partial charge in [-0.15, -0.1) is 6.42 Å². The second kappa shape index (κ2) is 14.0. The molecule has 4 aliphatic rings. The van der Waals surface area contributed by atoms with E-state index in [4.69, 9.17) is 35.3 Å². The van der Waals surface area contributed by atoms with Crippen LogP contribution in [0.5, 0.6) is 17.6 Å². The first kappa shape index (κ1) is 33.8. The number of terminal acetylenes is 1. The maximum atomic E-state index is 17.2. The van der Waals surface area contributed by atoms with Gasteiger partial charge in [0, 0.05) is 55.3 Å². The molecule has 1 saturated carbocycles. The second-order valence-electron chi connectivity index (χ2n) is 14.3. The van der Waals surface area contributed by atoms with Gasteiger partial charge in [-0.2, -0.15) is 9.97 Å². The van der Waals surface area contributed by atoms with E-state index in [1.165, 1.54) is 31.4 Å². The minimum Gasteiger partial charge on any atom is -0.508 e. The summed E-state index contributed by atoms with van der Waals surface area (Å²) in [5.74, 6) is 1.89. The first-order chi connectivity index (χ1) is 24.9. The number of benzene rings is 2. The van der Waals surface area contributed by atoms with Crippen LogP contribution in [-0.4, -0.2) is 97.3 Å². The normalized spacial score (nSPS) is 24.1. The third-order valence-electron chi connectivity index (χ3n) is 11.3. The summed E-state index contributed by atoms with van der Waals surface area (Å²) < 4.78 is 56.0. The van der Waals surface area contributed by atoms with E-state index < -0.39 is 11.6 Å². The number of rotatable bonds is 8. The lowest BCUT2D eigenvalue weighted by atomic mass is 9.75. The average molecular weight is 700 g/mol. The SMILES string of the molecule is C#Cc1c(F)ccc2cc(O)cc(-c3nc(OC)c4c(N5CCCOCC5)nc(OC[C@]56CCC[C@H]5N(CC5CCOC5)CCC6)nc4c3F)c12. The van der Waals surface area contributed by atoms with Gasteiger partial charge in [-0.25, -0.2) is 13.8 Å². The molecule has 1 unspecified atom stereocenters. The Balaban J connectivity index is 1.24. The first-order valence-electron chi connectivity index (χ1n) is 18.0. The molecule has 10 nitrogen and oxygen atoms in total. The molecular formula is C39H43F2N5O5. The van der Waals surface area contributed by atoms with Crippen LogP contribution in [0, 0.1) is 35.3 Å². The zero-order chi connectivity index (χ0) is 35.1. The zero-order valence-corrected chi connectivity index (χ0v) is 28.9. The fourth-order valence-corrected chi connectivity index (χ4v) is 8.93. The van der Waals surface area contributed by atoms with Crippen LogP contribution in [-0.2, 0) is 9.47 Å². The third kappa shape index (κ3) is 6.19. The summed E-state index contributed by atoms with van der Waals surface area (Å²) in [6, 6.07) is 5.96. The highest BCUT2D eigenvalue weighted by Gasteiger charge is 2.49. The van der Waals surface area contributed by atoms with Crippen LogP contribution >= 0.6 is 0 Å². The molecule has 3 atom stereocenters. The van der Waals surface area contributed by atoms with Crippen molar-refractivity contribution in [3.63, 3.8) is 0 Å². The smallest absolute Gasteiger partial charge is 0.319 e. The van der Waals surface area contributed by atoms with Gasteiger partial charge in [-0.1, -0.05) is 18.4 Å². The van der Waals surface area contributed by atoms with Gasteiger partial charge < -0.3 is 29.0 Å². The predicted octanol–water partition coefficient (Wildman–Crippen LogP) is 6.10. The van der Waals surface area contributed by atoms with Crippen molar-refractivity contribution in [2.24, 2.45) is 11.3 Å². The van der Waals surface area contributed by atoms with Crippen molar-refractivity contribution in [3.05, 3.63) is 41.5 Å². The Labute approximate surface area is 296 Å². The summed E-state index contributed by atoms with van der Waals surface area (Å²) in [6.07, 6.45) is 13.0. The molecule has 0 bridgehead atoms. The van der Waals surface area contributed by atoms with Crippen LogP contribution in [0.25, 0.3) is 32.9 Å². The molecule has 5 heterocycles. The van der Waals surface area contributed by atoms with Gasteiger partial charge in [0.05, 0.1) is 32.5 Å². The van der Waals surface area contributed by atoms with Crippen molar-refractivity contribution < 1.29 is 32.8 Å². The monoisotopic (exact) mass is 699 g/mol. The third-order valence-corrected chi connectivity index (χ3v) is 11.3. The minimum absolute atomic E-state index is 0.0517. The summed E-state index contributed by atoms with van der Waals surface area (Å²) in [4.78, 5) is 18.9. The number of hydrogen-bond acceptors (Lipinski definition) is 10. The number of pyridine rings is 1. The van der Waals surface area contributed by atoms with E-state index in [0.717, 1.165) is 71.2 Å². The van der Waals surface area contributed by atoms with Crippen LogP contribution in [0.15, 0.2) is 24.3 Å². The van der Waals surface area contributed by atoms with Crippen molar-refractivity contribution >= 4 is 27.5 Å². The Morgan fingerprint density at radius 2 is 1.88 bits per heavy atom. The van der Waals surface area contributed by atoms with Gasteiger partial charge in [0.15, 0.2) is 5.82 Å². The number of nitrogens with zero attached hydrogens (tertiary/aromatic N) is 5. The van der Waals surface area contributed by atoms with E-state index in [-0.39, 0.29) is 50.8 Å². The number of phenols is 1. The van der Waals surface area contributed by atoms with E-state index in [9.17, 15) is 5.11 Å². The molecule has 1 N–H and O–H groups in total. The second-order valence-corrected chi connectivity index (χ2v) is 14.3. The van der Waals surface area contributed by atoms with Crippen molar-refractivity contribution in [2.75, 3.05) is 71.2 Å². The number of piperidine rings is 1. The number of aromatic hydroxyl groups is 1. The molecule has 268 valence electrons. The lowest BCUT2D eigenvalue weighted by Crippen LogP contribution is -2.53. The van der Waals surface area contributed by atoms with Gasteiger partial charge >= 0.3 is 6.01 Å². The van der Waals surface area contributed by atoms with Gasteiger partial charge in [0.2, 0.25) is 5.88 Å². The number of phenolic OH excluding ortho intramolecular Hbond substituents is 1. The molecule has 3 aliphatic heterocycles. The summed E-state index contributed by atoms with van der Waals surface area (Å²) >= 11 is 0. The van der Waals surface area contributed by atoms with E-state index in [2.05, 4.69) is 15.8 Å². The van der Waals surface area contributed by atoms with Crippen molar-refractivity contribution in [1.29, 1.82) is 0 Å². The Kier molecular flexibility index (Phi) is 9.29. The average Bonchev–Trinajstić information content (AvgIpc) is 3.74. The van der Waals surface area contributed by atoms with Crippen LogP contribution in [0.1, 0.15) is 50.5 Å². The molecule has 2 aromatic heterocycles. The van der Waals surface area contributed by atoms with Crippen LogP contribution in [0.3, 0.4) is 0 Å². The van der Waals surface area contributed by atoms with E-state index in [1.807, 2.05) is 4.90 Å². The minimum atomic E-state index is -0.788. The van der Waals surface area contributed by atoms with Crippen molar-refractivity contribution in [3.8, 4) is 41.2 Å². The largest absolute Gasteiger partial charge is 0.508 e. The highest BCUT2D eigenvalue weighted by atomic mass is 19.1. The summed E-state index contributed by atoms with van der Waals surface area (Å²) in [5.41, 5.74) is -0.243. The fraction of sp³-hybridized carbons (Fsp3) is 0.513. The molecule has 0 amide bonds. The first-order valence-corrected chi connectivity index (χ1v) is 18.0. The Morgan fingerprint density at radius 3 is 2.71 bits per heavy atom. The van der Waals surface area contributed by atoms with E-state index in [1.54, 1.807) is 0 Å². The number of anilines is 1. The van der Waals surface area contributed by atoms with Crippen molar-refractivity contribution in [2.45, 2.75) is 51.0 Å². The number of halogens is 2. The highest BCUT2D eigenvalue weighted by Crippen LogP contribution is 2.49. The quantitative estimate of drug-likeness (QED) is 0.217. The summed E-state index contributed by atoms with van der Waals surface area (Å²) in [5, 5.41) is 11.7. The Bertz CT molecular complexity index is 1990. The van der Waals surface area contributed by atoms with Gasteiger partial charge in [0.1, 0.15) is 34.0 Å². The van der Waals surface area contributed by atoms with Crippen LogP contribution in [0.4, 0.5) is 14.6 Å². The van der Waals surface area contributed by atoms with Gasteiger partial charge in [0.25, 0.3) is 0 Å². The number of likely N-dealkylation sites (tertiary alicyclic amines) is 1. The predicted molar refractivity (Wildman–Crippen MR) is 189 cm³/mol. The summed E-state index contributed by atoms with van der Waals surface area (Å²) in [6.45, 7) is 6.40. The lowest BCUT2D eigenvalue weighted by molar-refractivity contribution is -0.00804. The van der Waals surface area contributed by atoms with E-state index >= 15 is 8.78 Å². The fourth-order valence-electron chi connectivity index (χ4n) is 8.93. The number of ether oxygens (including phenoxy) is 4. The summed E-state index contributed by atoms with van der Waals surface area (Å²) in [7, 11) is 1.45. The highest BCUT2D eigenvalue weighted by molar-refractivity contribution is 6.04. The molecule has 1 aliphatic carbocycles. The number of methoxy groups -OCH3 is 1. The lowest BCUT2D eigenvalue weighted by Gasteiger charge is -2.46. The standard InChI is InChI=1S/C39H43F2N5O5/c1-3-27-29(40)9-8-25-19-26(47)20-28(31(25)27)34-33(41)35-32(37(42-34)48-2)36(45-14-6-16-49-18-15-45)44-38(43-35)51-23-39-11-4-7-30(39)46(13-5-12-39)21-24-10-17-50-22-24/h1,8-9,19-20,24,30,47H,4-7,10-18,21-23H2,2H3/t24?,30-,39-/m1/s1. The van der Waals surface area contributed by atoms with Crippen LogP contribution in [0.2, 0.25) is 0 Å². The number of fused-ring (bicyclic) bond motifs is 3. The molecule has 4 aromatic rings. The van der Waals surface area contributed by atoms with Crippen LogP contribution < -0.4 is 14.4 Å². The van der Waals surface area contributed by atoms with Crippen molar-refractivity contribution in [1.82, 2.24) is 19.9 Å². The van der Waals surface area contributed by atoms with E-state index in [0.29, 0.717) is 61.5 Å². The number of aromatic nitrogens is 3. The molecule has 2 aromatic carbocycles. The molecule has 8 rings (SSSR count). The maximum Gasteiger partial charge on any atom is 0.319 e. The maximum absolute atomic E-state index is 17.2. The van der Waals surface area contributed by atoms with Gasteiger partial charge in [-0.3, -0.25) is 4.90 Å².